The molecule has 12 heteroatoms. The Kier molecular flexibility index (Phi) is 7.76. The Bertz CT molecular complexity index is 1200. The highest BCUT2D eigenvalue weighted by atomic mass is 19.4. The molecule has 1 heterocycles. The van der Waals surface area contributed by atoms with E-state index < -0.39 is 41.0 Å². The molecule has 36 heavy (non-hydrogen) atoms. The number of nitrogens with one attached hydrogen (secondary N) is 3. The number of nitrogens with zero attached hydrogens (tertiary/aromatic N) is 2. The first-order chi connectivity index (χ1) is 17.0. The second-order valence-electron chi connectivity index (χ2n) is 8.10. The Morgan fingerprint density at radius 1 is 1.25 bits per heavy atom. The molecule has 1 fully saturated rings. The predicted octanol–water partition coefficient (Wildman–Crippen LogP) is 3.87. The van der Waals surface area contributed by atoms with Crippen LogP contribution in [0.15, 0.2) is 66.1 Å². The monoisotopic (exact) mass is 504 g/mol. The summed E-state index contributed by atoms with van der Waals surface area (Å²) in [6.45, 7) is 5.09. The van der Waals surface area contributed by atoms with Gasteiger partial charge in [-0.05, 0) is 50.1 Å². The van der Waals surface area contributed by atoms with Crippen LogP contribution in [-0.4, -0.2) is 28.6 Å². The number of aromatic nitrogens is 1. The van der Waals surface area contributed by atoms with E-state index in [9.17, 15) is 27.2 Å². The molecule has 0 radical (unpaired) electrons. The molecule has 2 amide bonds. The molecule has 1 atom stereocenters. The Labute approximate surface area is 204 Å². The number of amides is 2. The van der Waals surface area contributed by atoms with Crippen molar-refractivity contribution in [1.29, 1.82) is 0 Å². The van der Waals surface area contributed by atoms with Crippen LogP contribution in [-0.2, 0) is 15.8 Å². The van der Waals surface area contributed by atoms with Crippen LogP contribution < -0.4 is 21.7 Å². The molecule has 0 spiro atoms. The summed E-state index contributed by atoms with van der Waals surface area (Å²) in [4.78, 5) is 33.2. The number of alkyl halides is 3. The second-order valence-corrected chi connectivity index (χ2v) is 8.10. The summed E-state index contributed by atoms with van der Waals surface area (Å²) in [6.07, 6.45) is 0.953. The van der Waals surface area contributed by atoms with Crippen molar-refractivity contribution in [2.24, 2.45) is 10.7 Å². The maximum atomic E-state index is 13.3. The third kappa shape index (κ3) is 6.26. The zero-order valence-electron chi connectivity index (χ0n) is 19.2. The van der Waals surface area contributed by atoms with Crippen LogP contribution in [0.4, 0.5) is 28.9 Å². The van der Waals surface area contributed by atoms with Crippen molar-refractivity contribution in [3.05, 3.63) is 78.2 Å². The lowest BCUT2D eigenvalue weighted by molar-refractivity contribution is -0.137. The van der Waals surface area contributed by atoms with Gasteiger partial charge in [0.2, 0.25) is 5.91 Å². The van der Waals surface area contributed by atoms with E-state index in [1.807, 2.05) is 0 Å². The van der Waals surface area contributed by atoms with Crippen LogP contribution in [0.5, 0.6) is 0 Å². The number of aliphatic imine (C=N–C) groups is 1. The van der Waals surface area contributed by atoms with E-state index in [2.05, 4.69) is 32.5 Å². The Morgan fingerprint density at radius 2 is 1.97 bits per heavy atom. The minimum absolute atomic E-state index is 0.0709. The SMILES string of the molecule is C=CN=C/C(=C\N)C(=O)NC1(C(=O)NC(C)c2ccc(Nc3ccc(F)cc3C(F)(F)F)cn2)CC1. The number of carbonyl (C=O) groups excluding carboxylic acids is 2. The van der Waals surface area contributed by atoms with Crippen LogP contribution in [0.2, 0.25) is 0 Å². The van der Waals surface area contributed by atoms with Gasteiger partial charge >= 0.3 is 6.18 Å². The summed E-state index contributed by atoms with van der Waals surface area (Å²) in [5, 5.41) is 8.03. The highest BCUT2D eigenvalue weighted by Gasteiger charge is 2.51. The number of anilines is 2. The summed E-state index contributed by atoms with van der Waals surface area (Å²) in [6, 6.07) is 4.77. The van der Waals surface area contributed by atoms with Crippen LogP contribution >= 0.6 is 0 Å². The van der Waals surface area contributed by atoms with E-state index in [1.165, 1.54) is 30.7 Å². The fraction of sp³-hybridized carbons (Fsp3) is 0.250. The van der Waals surface area contributed by atoms with Crippen LogP contribution in [0, 0.1) is 5.82 Å². The van der Waals surface area contributed by atoms with Gasteiger partial charge in [-0.1, -0.05) is 6.58 Å². The molecule has 190 valence electrons. The number of rotatable bonds is 9. The fourth-order valence-corrected chi connectivity index (χ4v) is 3.29. The van der Waals surface area contributed by atoms with Crippen molar-refractivity contribution in [1.82, 2.24) is 15.6 Å². The highest BCUT2D eigenvalue weighted by Crippen LogP contribution is 2.37. The fourth-order valence-electron chi connectivity index (χ4n) is 3.29. The molecule has 1 unspecified atom stereocenters. The lowest BCUT2D eigenvalue weighted by Crippen LogP contribution is -2.50. The Balaban J connectivity index is 1.65. The van der Waals surface area contributed by atoms with Gasteiger partial charge < -0.3 is 21.7 Å². The third-order valence-corrected chi connectivity index (χ3v) is 5.44. The zero-order chi connectivity index (χ0) is 26.5. The summed E-state index contributed by atoms with van der Waals surface area (Å²) >= 11 is 0. The maximum absolute atomic E-state index is 13.3. The van der Waals surface area contributed by atoms with Gasteiger partial charge in [0.15, 0.2) is 0 Å². The van der Waals surface area contributed by atoms with Gasteiger partial charge in [-0.25, -0.2) is 4.39 Å². The van der Waals surface area contributed by atoms with Gasteiger partial charge in [0.25, 0.3) is 5.91 Å². The molecular formula is C24H24F4N6O2. The van der Waals surface area contributed by atoms with Crippen molar-refractivity contribution in [3.63, 3.8) is 0 Å². The van der Waals surface area contributed by atoms with Gasteiger partial charge in [0.05, 0.1) is 40.4 Å². The smallest absolute Gasteiger partial charge is 0.404 e. The molecule has 0 aliphatic heterocycles. The average molecular weight is 504 g/mol. The normalized spacial score (nSPS) is 15.8. The lowest BCUT2D eigenvalue weighted by Gasteiger charge is -2.21. The third-order valence-electron chi connectivity index (χ3n) is 5.44. The number of hydrogen-bond donors (Lipinski definition) is 4. The second kappa shape index (κ2) is 10.6. The summed E-state index contributed by atoms with van der Waals surface area (Å²) < 4.78 is 53.0. The van der Waals surface area contributed by atoms with Crippen molar-refractivity contribution in [3.8, 4) is 0 Å². The molecule has 1 saturated carbocycles. The van der Waals surface area contributed by atoms with Gasteiger partial charge in [-0.2, -0.15) is 13.2 Å². The van der Waals surface area contributed by atoms with Crippen molar-refractivity contribution < 1.29 is 27.2 Å². The largest absolute Gasteiger partial charge is 0.418 e. The van der Waals surface area contributed by atoms with Crippen molar-refractivity contribution >= 4 is 29.4 Å². The summed E-state index contributed by atoms with van der Waals surface area (Å²) in [5.41, 5.74) is 3.64. The number of carbonyl (C=O) groups is 2. The van der Waals surface area contributed by atoms with Crippen LogP contribution in [0.25, 0.3) is 0 Å². The predicted molar refractivity (Wildman–Crippen MR) is 127 cm³/mol. The molecule has 5 N–H and O–H groups in total. The first-order valence-corrected chi connectivity index (χ1v) is 10.8. The van der Waals surface area contributed by atoms with Crippen molar-refractivity contribution in [2.45, 2.75) is 37.5 Å². The van der Waals surface area contributed by atoms with E-state index in [0.717, 1.165) is 18.3 Å². The Morgan fingerprint density at radius 3 is 2.53 bits per heavy atom. The quantitative estimate of drug-likeness (QED) is 0.235. The lowest BCUT2D eigenvalue weighted by atomic mass is 10.1. The molecule has 1 aliphatic carbocycles. The number of benzene rings is 1. The van der Waals surface area contributed by atoms with E-state index in [4.69, 9.17) is 5.73 Å². The summed E-state index contributed by atoms with van der Waals surface area (Å²) in [5.74, 6) is -1.97. The number of halogens is 4. The van der Waals surface area contributed by atoms with Gasteiger partial charge in [0.1, 0.15) is 11.4 Å². The van der Waals surface area contributed by atoms with Crippen molar-refractivity contribution in [2.75, 3.05) is 5.32 Å². The molecule has 3 rings (SSSR count). The topological polar surface area (TPSA) is 121 Å². The van der Waals surface area contributed by atoms with E-state index in [0.29, 0.717) is 24.6 Å². The molecule has 1 aromatic carbocycles. The van der Waals surface area contributed by atoms with E-state index in [-0.39, 0.29) is 16.9 Å². The van der Waals surface area contributed by atoms with Gasteiger partial charge in [0, 0.05) is 18.6 Å². The van der Waals surface area contributed by atoms with E-state index >= 15 is 0 Å². The molecule has 1 aromatic heterocycles. The maximum Gasteiger partial charge on any atom is 0.418 e. The van der Waals surface area contributed by atoms with Crippen LogP contribution in [0.3, 0.4) is 0 Å². The minimum atomic E-state index is -4.75. The zero-order valence-corrected chi connectivity index (χ0v) is 19.2. The van der Waals surface area contributed by atoms with Crippen LogP contribution in [0.1, 0.15) is 37.1 Å². The average Bonchev–Trinajstić information content (AvgIpc) is 3.61. The Hall–Kier alpha value is -4.22. The number of hydrogen-bond acceptors (Lipinski definition) is 6. The summed E-state index contributed by atoms with van der Waals surface area (Å²) in [7, 11) is 0. The van der Waals surface area contributed by atoms with Gasteiger partial charge in [-0.15, -0.1) is 0 Å². The molecule has 2 aromatic rings. The first kappa shape index (κ1) is 26.4. The van der Waals surface area contributed by atoms with E-state index in [1.54, 1.807) is 6.92 Å². The molecular weight excluding hydrogens is 480 g/mol. The highest BCUT2D eigenvalue weighted by molar-refractivity contribution is 6.13. The van der Waals surface area contributed by atoms with Gasteiger partial charge in [-0.3, -0.25) is 19.6 Å². The molecule has 8 nitrogen and oxygen atoms in total. The molecule has 1 aliphatic rings. The molecule has 0 saturated heterocycles. The molecule has 0 bridgehead atoms. The first-order valence-electron chi connectivity index (χ1n) is 10.8. The standard InChI is InChI=1S/C24H24F4N6O2/c1-3-30-12-15(11-29)21(35)34-23(8-9-23)22(36)32-14(2)19-7-5-17(13-31-19)33-20-6-4-16(25)10-18(20)24(26,27)28/h3-7,10-14,33H,1,8-9,29H2,2H3,(H,32,36)(H,34,35)/b15-11+,30-12?. The number of nitrogens with two attached hydrogens (primary N) is 1. The number of pyridine rings is 1. The minimum Gasteiger partial charge on any atom is -0.404 e.